The fourth-order valence-corrected chi connectivity index (χ4v) is 2.64. The minimum Gasteiger partial charge on any atom is -0.480 e. The Kier molecular flexibility index (Phi) is 5.09. The maximum absolute atomic E-state index is 12.0. The molecule has 102 valence electrons. The third kappa shape index (κ3) is 3.42. The monoisotopic (exact) mass is 321 g/mol. The Morgan fingerprint density at radius 1 is 1.44 bits per heavy atom. The van der Waals surface area contributed by atoms with Gasteiger partial charge >= 0.3 is 5.97 Å². The molecule has 2 amide bonds. The van der Waals surface area contributed by atoms with Crippen LogP contribution in [0.2, 0.25) is 0 Å². The van der Waals surface area contributed by atoms with E-state index >= 15 is 0 Å². The highest BCUT2D eigenvalue weighted by atomic mass is 79.9. The van der Waals surface area contributed by atoms with Gasteiger partial charge in [-0.15, -0.1) is 0 Å². The molecular weight excluding hydrogens is 306 g/mol. The molecule has 0 saturated carbocycles. The van der Waals surface area contributed by atoms with Crippen LogP contribution in [0.3, 0.4) is 0 Å². The van der Waals surface area contributed by atoms with Crippen molar-refractivity contribution >= 4 is 33.7 Å². The summed E-state index contributed by atoms with van der Waals surface area (Å²) in [5, 5.41) is 9.06. The van der Waals surface area contributed by atoms with Crippen molar-refractivity contribution in [3.05, 3.63) is 0 Å². The lowest BCUT2D eigenvalue weighted by molar-refractivity contribution is -0.148. The van der Waals surface area contributed by atoms with Crippen molar-refractivity contribution in [1.29, 1.82) is 0 Å². The first-order valence-electron chi connectivity index (χ1n) is 5.55. The SMILES string of the molecule is NC(=O)CC[C@H](N)C(=O)N1CCC(Br)[C@H]1C(=O)O. The van der Waals surface area contributed by atoms with E-state index in [0.717, 1.165) is 0 Å². The van der Waals surface area contributed by atoms with Crippen molar-refractivity contribution in [3.8, 4) is 0 Å². The predicted octanol–water partition coefficient (Wildman–Crippen LogP) is -0.972. The molecule has 1 aliphatic rings. The molecule has 0 aromatic rings. The predicted molar refractivity (Wildman–Crippen MR) is 66.9 cm³/mol. The summed E-state index contributed by atoms with van der Waals surface area (Å²) in [5.74, 6) is -2.05. The van der Waals surface area contributed by atoms with Gasteiger partial charge in [-0.1, -0.05) is 15.9 Å². The Bertz CT molecular complexity index is 363. The first-order chi connectivity index (χ1) is 8.34. The fraction of sp³-hybridized carbons (Fsp3) is 0.700. The summed E-state index contributed by atoms with van der Waals surface area (Å²) >= 11 is 3.24. The van der Waals surface area contributed by atoms with Crippen LogP contribution < -0.4 is 11.5 Å². The number of alkyl halides is 1. The highest BCUT2D eigenvalue weighted by molar-refractivity contribution is 9.09. The number of halogens is 1. The standard InChI is InChI=1S/C10H16BrN3O4/c11-5-3-4-14(8(5)10(17)18)9(16)6(12)1-2-7(13)15/h5-6,8H,1-4,12H2,(H2,13,15)(H,17,18)/t5?,6-,8-/m0/s1. The molecule has 1 unspecified atom stereocenters. The largest absolute Gasteiger partial charge is 0.480 e. The molecule has 8 heteroatoms. The summed E-state index contributed by atoms with van der Waals surface area (Å²) in [5.41, 5.74) is 10.6. The molecule has 18 heavy (non-hydrogen) atoms. The number of rotatable bonds is 5. The normalized spacial score (nSPS) is 24.9. The van der Waals surface area contributed by atoms with Crippen LogP contribution in [0.4, 0.5) is 0 Å². The lowest BCUT2D eigenvalue weighted by Crippen LogP contribution is -2.50. The van der Waals surface area contributed by atoms with Crippen LogP contribution in [-0.4, -0.2) is 51.2 Å². The van der Waals surface area contributed by atoms with Crippen molar-refractivity contribution < 1.29 is 19.5 Å². The van der Waals surface area contributed by atoms with Gasteiger partial charge in [0.1, 0.15) is 6.04 Å². The van der Waals surface area contributed by atoms with E-state index in [1.54, 1.807) is 0 Å². The average Bonchev–Trinajstić information content (AvgIpc) is 2.66. The number of nitrogens with two attached hydrogens (primary N) is 2. The molecule has 0 aliphatic carbocycles. The Morgan fingerprint density at radius 2 is 2.06 bits per heavy atom. The molecule has 0 aromatic carbocycles. The van der Waals surface area contributed by atoms with E-state index < -0.39 is 29.9 Å². The van der Waals surface area contributed by atoms with E-state index in [0.29, 0.717) is 13.0 Å². The van der Waals surface area contributed by atoms with Gasteiger partial charge in [-0.2, -0.15) is 0 Å². The summed E-state index contributed by atoms with van der Waals surface area (Å²) < 4.78 is 0. The molecule has 5 N–H and O–H groups in total. The quantitative estimate of drug-likeness (QED) is 0.561. The number of hydrogen-bond donors (Lipinski definition) is 3. The molecule has 1 fully saturated rings. The molecule has 1 rings (SSSR count). The van der Waals surface area contributed by atoms with Crippen molar-refractivity contribution in [2.45, 2.75) is 36.2 Å². The molecule has 7 nitrogen and oxygen atoms in total. The van der Waals surface area contributed by atoms with Crippen LogP contribution in [0, 0.1) is 0 Å². The average molecular weight is 322 g/mol. The summed E-state index contributed by atoms with van der Waals surface area (Å²) in [6.07, 6.45) is 0.700. The zero-order valence-electron chi connectivity index (χ0n) is 9.71. The Balaban J connectivity index is 2.65. The number of carbonyl (C=O) groups excluding carboxylic acids is 2. The number of primary amides is 1. The Labute approximate surface area is 113 Å². The summed E-state index contributed by atoms with van der Waals surface area (Å²) in [6.45, 7) is 0.343. The van der Waals surface area contributed by atoms with E-state index in [-0.39, 0.29) is 17.7 Å². The maximum Gasteiger partial charge on any atom is 0.327 e. The molecule has 3 atom stereocenters. The molecule has 0 spiro atoms. The fourth-order valence-electron chi connectivity index (χ4n) is 1.92. The summed E-state index contributed by atoms with van der Waals surface area (Å²) in [6, 6.07) is -1.80. The highest BCUT2D eigenvalue weighted by Crippen LogP contribution is 2.25. The van der Waals surface area contributed by atoms with Gasteiger partial charge in [-0.25, -0.2) is 4.79 Å². The molecule has 0 aromatic heterocycles. The number of aliphatic carboxylic acids is 1. The van der Waals surface area contributed by atoms with E-state index in [2.05, 4.69) is 15.9 Å². The summed E-state index contributed by atoms with van der Waals surface area (Å²) in [4.78, 5) is 34.6. The van der Waals surface area contributed by atoms with Crippen LogP contribution in [0.1, 0.15) is 19.3 Å². The smallest absolute Gasteiger partial charge is 0.327 e. The van der Waals surface area contributed by atoms with E-state index in [9.17, 15) is 14.4 Å². The van der Waals surface area contributed by atoms with Gasteiger partial charge in [0, 0.05) is 17.8 Å². The molecule has 1 heterocycles. The third-order valence-corrected chi connectivity index (χ3v) is 3.84. The van der Waals surface area contributed by atoms with Crippen LogP contribution in [0.15, 0.2) is 0 Å². The van der Waals surface area contributed by atoms with Crippen LogP contribution in [0.25, 0.3) is 0 Å². The zero-order valence-corrected chi connectivity index (χ0v) is 11.3. The van der Waals surface area contributed by atoms with Crippen LogP contribution in [-0.2, 0) is 14.4 Å². The minimum absolute atomic E-state index is 0.0101. The second-order valence-corrected chi connectivity index (χ2v) is 5.41. The number of carboxylic acids is 1. The first kappa shape index (κ1) is 14.9. The topological polar surface area (TPSA) is 127 Å². The number of likely N-dealkylation sites (tertiary alicyclic amines) is 1. The number of carboxylic acid groups (broad SMARTS) is 1. The second-order valence-electron chi connectivity index (χ2n) is 4.23. The molecule has 0 bridgehead atoms. The van der Waals surface area contributed by atoms with Gasteiger partial charge in [0.25, 0.3) is 0 Å². The van der Waals surface area contributed by atoms with Crippen molar-refractivity contribution in [2.24, 2.45) is 11.5 Å². The highest BCUT2D eigenvalue weighted by Gasteiger charge is 2.41. The maximum atomic E-state index is 12.0. The zero-order chi connectivity index (χ0) is 13.9. The van der Waals surface area contributed by atoms with Gasteiger partial charge in [0.15, 0.2) is 0 Å². The lowest BCUT2D eigenvalue weighted by Gasteiger charge is -2.25. The molecule has 1 saturated heterocycles. The van der Waals surface area contributed by atoms with E-state index in [1.165, 1.54) is 4.90 Å². The van der Waals surface area contributed by atoms with E-state index in [1.807, 2.05) is 0 Å². The molecular formula is C10H16BrN3O4. The second kappa shape index (κ2) is 6.14. The minimum atomic E-state index is -1.06. The molecule has 1 aliphatic heterocycles. The van der Waals surface area contributed by atoms with Gasteiger partial charge < -0.3 is 21.5 Å². The van der Waals surface area contributed by atoms with Crippen molar-refractivity contribution in [1.82, 2.24) is 4.90 Å². The van der Waals surface area contributed by atoms with Gasteiger partial charge in [-0.3, -0.25) is 9.59 Å². The number of hydrogen-bond acceptors (Lipinski definition) is 4. The Hall–Kier alpha value is -1.15. The lowest BCUT2D eigenvalue weighted by atomic mass is 10.1. The van der Waals surface area contributed by atoms with Crippen LogP contribution >= 0.6 is 15.9 Å². The number of amides is 2. The molecule has 0 radical (unpaired) electrons. The number of carbonyl (C=O) groups is 3. The van der Waals surface area contributed by atoms with E-state index in [4.69, 9.17) is 16.6 Å². The number of nitrogens with zero attached hydrogens (tertiary/aromatic N) is 1. The van der Waals surface area contributed by atoms with Crippen molar-refractivity contribution in [2.75, 3.05) is 6.54 Å². The third-order valence-electron chi connectivity index (χ3n) is 2.88. The summed E-state index contributed by atoms with van der Waals surface area (Å²) in [7, 11) is 0. The van der Waals surface area contributed by atoms with Gasteiger partial charge in [-0.05, 0) is 12.8 Å². The first-order valence-corrected chi connectivity index (χ1v) is 6.47. The van der Waals surface area contributed by atoms with Gasteiger partial charge in [0.05, 0.1) is 6.04 Å². The van der Waals surface area contributed by atoms with Crippen LogP contribution in [0.5, 0.6) is 0 Å². The Morgan fingerprint density at radius 3 is 2.56 bits per heavy atom. The van der Waals surface area contributed by atoms with Gasteiger partial charge in [0.2, 0.25) is 11.8 Å². The van der Waals surface area contributed by atoms with Crippen molar-refractivity contribution in [3.63, 3.8) is 0 Å².